The Morgan fingerprint density at radius 2 is 2.36 bits per heavy atom. The quantitative estimate of drug-likeness (QED) is 0.583. The summed E-state index contributed by atoms with van der Waals surface area (Å²) in [5, 5.41) is 2.62. The molecule has 0 aliphatic heterocycles. The first-order chi connectivity index (χ1) is 5.31. The molecule has 0 aliphatic carbocycles. The first-order valence-electron chi connectivity index (χ1n) is 3.41. The minimum absolute atomic E-state index is 0.0265. The van der Waals surface area contributed by atoms with Crippen LogP contribution in [0.25, 0.3) is 0 Å². The number of nitrogens with two attached hydrogens (primary N) is 1. The molecule has 5 heteroatoms. The number of rotatable bonds is 5. The van der Waals surface area contributed by atoms with Gasteiger partial charge in [0.15, 0.2) is 0 Å². The minimum Gasteiger partial charge on any atom is -0.378 e. The fourth-order valence-electron chi connectivity index (χ4n) is 0.483. The fourth-order valence-corrected chi connectivity index (χ4v) is 0.729. The number of ether oxygens (including phenoxy) is 1. The molecule has 0 saturated carbocycles. The minimum atomic E-state index is -0.0265. The Bertz CT molecular complexity index is 111. The monoisotopic (exact) mass is 178 g/mol. The summed E-state index contributed by atoms with van der Waals surface area (Å²) in [5.41, 5.74) is 5.18. The van der Waals surface area contributed by atoms with E-state index in [9.17, 15) is 4.79 Å². The summed E-state index contributed by atoms with van der Waals surface area (Å²) >= 11 is 1.16. The standard InChI is InChI=1S/C6H14N2O2S/c1-11-6(9)8-3-5-10-4-2-7/h2-5,7H2,1H3,(H,8,9). The molecule has 0 spiro atoms. The molecule has 66 valence electrons. The summed E-state index contributed by atoms with van der Waals surface area (Å²) in [6.07, 6.45) is 1.73. The van der Waals surface area contributed by atoms with Gasteiger partial charge in [-0.05, 0) is 6.26 Å². The highest BCUT2D eigenvalue weighted by Crippen LogP contribution is 1.90. The first kappa shape index (κ1) is 10.7. The van der Waals surface area contributed by atoms with Crippen molar-refractivity contribution in [3.05, 3.63) is 0 Å². The van der Waals surface area contributed by atoms with Crippen molar-refractivity contribution < 1.29 is 9.53 Å². The molecule has 0 radical (unpaired) electrons. The van der Waals surface area contributed by atoms with Crippen LogP contribution >= 0.6 is 11.8 Å². The molecule has 3 N–H and O–H groups in total. The molecule has 0 unspecified atom stereocenters. The van der Waals surface area contributed by atoms with Gasteiger partial charge in [-0.1, -0.05) is 11.8 Å². The van der Waals surface area contributed by atoms with Gasteiger partial charge in [0.25, 0.3) is 5.24 Å². The van der Waals surface area contributed by atoms with Gasteiger partial charge >= 0.3 is 0 Å². The third kappa shape index (κ3) is 7.64. The highest BCUT2D eigenvalue weighted by molar-refractivity contribution is 8.12. The predicted octanol–water partition coefficient (Wildman–Crippen LogP) is 0.0343. The van der Waals surface area contributed by atoms with E-state index >= 15 is 0 Å². The summed E-state index contributed by atoms with van der Waals surface area (Å²) in [5.74, 6) is 0. The van der Waals surface area contributed by atoms with Gasteiger partial charge in [-0.25, -0.2) is 0 Å². The van der Waals surface area contributed by atoms with E-state index in [-0.39, 0.29) is 5.24 Å². The van der Waals surface area contributed by atoms with Crippen molar-refractivity contribution in [3.8, 4) is 0 Å². The Morgan fingerprint density at radius 3 is 2.91 bits per heavy atom. The zero-order valence-corrected chi connectivity index (χ0v) is 7.45. The van der Waals surface area contributed by atoms with E-state index < -0.39 is 0 Å². The number of hydrogen-bond donors (Lipinski definition) is 2. The lowest BCUT2D eigenvalue weighted by molar-refractivity contribution is 0.145. The Kier molecular flexibility index (Phi) is 7.66. The third-order valence-corrected chi connectivity index (χ3v) is 1.48. The maximum Gasteiger partial charge on any atom is 0.278 e. The van der Waals surface area contributed by atoms with Gasteiger partial charge in [-0.2, -0.15) is 0 Å². The molecule has 0 aromatic carbocycles. The van der Waals surface area contributed by atoms with E-state index in [4.69, 9.17) is 10.5 Å². The third-order valence-electron chi connectivity index (χ3n) is 0.963. The topological polar surface area (TPSA) is 64.3 Å². The Labute approximate surface area is 70.9 Å². The Hall–Kier alpha value is -0.260. The molecule has 0 fully saturated rings. The first-order valence-corrected chi connectivity index (χ1v) is 4.63. The second-order valence-electron chi connectivity index (χ2n) is 1.82. The average Bonchev–Trinajstić information content (AvgIpc) is 2.04. The molecule has 4 nitrogen and oxygen atoms in total. The Balaban J connectivity index is 2.95. The van der Waals surface area contributed by atoms with E-state index in [0.717, 1.165) is 11.8 Å². The number of nitrogens with one attached hydrogen (secondary N) is 1. The molecule has 0 heterocycles. The van der Waals surface area contributed by atoms with Crippen molar-refractivity contribution in [2.75, 3.05) is 32.6 Å². The summed E-state index contributed by atoms with van der Waals surface area (Å²) in [7, 11) is 0. The highest BCUT2D eigenvalue weighted by Gasteiger charge is 1.94. The van der Waals surface area contributed by atoms with Gasteiger partial charge in [0.1, 0.15) is 0 Å². The SMILES string of the molecule is CSC(=O)NCCOCCN. The molecule has 1 amide bonds. The van der Waals surface area contributed by atoms with Crippen LogP contribution in [0, 0.1) is 0 Å². The molecule has 0 aromatic heterocycles. The van der Waals surface area contributed by atoms with Gasteiger partial charge in [-0.3, -0.25) is 4.79 Å². The van der Waals surface area contributed by atoms with Crippen molar-refractivity contribution in [3.63, 3.8) is 0 Å². The van der Waals surface area contributed by atoms with Crippen molar-refractivity contribution in [2.24, 2.45) is 5.73 Å². The number of thioether (sulfide) groups is 1. The van der Waals surface area contributed by atoms with E-state index in [1.54, 1.807) is 6.26 Å². The molecule has 0 aromatic rings. The van der Waals surface area contributed by atoms with Crippen LogP contribution in [0.3, 0.4) is 0 Å². The molecule has 0 rings (SSSR count). The molecule has 0 saturated heterocycles. The second-order valence-corrected chi connectivity index (χ2v) is 2.60. The van der Waals surface area contributed by atoms with Crippen LogP contribution in [0.4, 0.5) is 4.79 Å². The van der Waals surface area contributed by atoms with Gasteiger partial charge in [0.05, 0.1) is 13.2 Å². The lowest BCUT2D eigenvalue weighted by Gasteiger charge is -2.02. The largest absolute Gasteiger partial charge is 0.378 e. The summed E-state index contributed by atoms with van der Waals surface area (Å²) < 4.78 is 5.03. The molecular weight excluding hydrogens is 164 g/mol. The van der Waals surface area contributed by atoms with E-state index in [1.165, 1.54) is 0 Å². The number of carbonyl (C=O) groups excluding carboxylic acids is 1. The summed E-state index contributed by atoms with van der Waals surface area (Å²) in [6, 6.07) is 0. The van der Waals surface area contributed by atoms with Crippen molar-refractivity contribution in [2.45, 2.75) is 0 Å². The van der Waals surface area contributed by atoms with Crippen LogP contribution < -0.4 is 11.1 Å². The Morgan fingerprint density at radius 1 is 1.64 bits per heavy atom. The van der Waals surface area contributed by atoms with E-state index in [2.05, 4.69) is 5.32 Å². The molecule has 11 heavy (non-hydrogen) atoms. The van der Waals surface area contributed by atoms with E-state index in [0.29, 0.717) is 26.3 Å². The highest BCUT2D eigenvalue weighted by atomic mass is 32.2. The van der Waals surface area contributed by atoms with Gasteiger partial charge < -0.3 is 15.8 Å². The van der Waals surface area contributed by atoms with Gasteiger partial charge in [0.2, 0.25) is 0 Å². The number of amides is 1. The lowest BCUT2D eigenvalue weighted by Crippen LogP contribution is -2.24. The van der Waals surface area contributed by atoms with Crippen LogP contribution in [0.2, 0.25) is 0 Å². The van der Waals surface area contributed by atoms with Crippen molar-refractivity contribution >= 4 is 17.0 Å². The van der Waals surface area contributed by atoms with Crippen LogP contribution in [0.5, 0.6) is 0 Å². The van der Waals surface area contributed by atoms with Crippen LogP contribution in [0.15, 0.2) is 0 Å². The summed E-state index contributed by atoms with van der Waals surface area (Å²) in [6.45, 7) is 2.16. The van der Waals surface area contributed by atoms with Crippen LogP contribution in [-0.4, -0.2) is 37.8 Å². The maximum absolute atomic E-state index is 10.6. The van der Waals surface area contributed by atoms with Gasteiger partial charge in [0, 0.05) is 13.1 Å². The maximum atomic E-state index is 10.6. The summed E-state index contributed by atoms with van der Waals surface area (Å²) in [4.78, 5) is 10.6. The van der Waals surface area contributed by atoms with Gasteiger partial charge in [-0.15, -0.1) is 0 Å². The second kappa shape index (κ2) is 7.84. The van der Waals surface area contributed by atoms with Crippen molar-refractivity contribution in [1.29, 1.82) is 0 Å². The zero-order chi connectivity index (χ0) is 8.53. The molecule has 0 bridgehead atoms. The smallest absolute Gasteiger partial charge is 0.278 e. The van der Waals surface area contributed by atoms with Crippen molar-refractivity contribution in [1.82, 2.24) is 5.32 Å². The normalized spacial score (nSPS) is 9.64. The number of carbonyl (C=O) groups is 1. The fraction of sp³-hybridized carbons (Fsp3) is 0.833. The molecule has 0 aliphatic rings. The van der Waals surface area contributed by atoms with Crippen LogP contribution in [-0.2, 0) is 4.74 Å². The lowest BCUT2D eigenvalue weighted by atomic mass is 10.6. The number of hydrogen-bond acceptors (Lipinski definition) is 4. The van der Waals surface area contributed by atoms with E-state index in [1.807, 2.05) is 0 Å². The van der Waals surface area contributed by atoms with Crippen LogP contribution in [0.1, 0.15) is 0 Å². The predicted molar refractivity (Wildman–Crippen MR) is 46.8 cm³/mol. The molecular formula is C6H14N2O2S. The average molecular weight is 178 g/mol. The zero-order valence-electron chi connectivity index (χ0n) is 6.63. The molecule has 0 atom stereocenters.